The summed E-state index contributed by atoms with van der Waals surface area (Å²) in [6.07, 6.45) is 0.0761. The summed E-state index contributed by atoms with van der Waals surface area (Å²) in [6.45, 7) is 8.20. The number of nitrogens with one attached hydrogen (secondary N) is 1. The topological polar surface area (TPSA) is 116 Å². The van der Waals surface area contributed by atoms with Gasteiger partial charge in [0, 0.05) is 50.3 Å². The number of hydrogen-bond acceptors (Lipinski definition) is 8. The van der Waals surface area contributed by atoms with Crippen LogP contribution in [0, 0.1) is 12.7 Å². The van der Waals surface area contributed by atoms with Crippen molar-refractivity contribution in [1.82, 2.24) is 20.2 Å². The van der Waals surface area contributed by atoms with E-state index in [1.807, 2.05) is 31.7 Å². The molecule has 2 saturated heterocycles. The summed E-state index contributed by atoms with van der Waals surface area (Å²) in [7, 11) is 0. The van der Waals surface area contributed by atoms with E-state index in [1.54, 1.807) is 0 Å². The van der Waals surface area contributed by atoms with Crippen molar-refractivity contribution in [1.29, 1.82) is 0 Å². The molecule has 11 heteroatoms. The van der Waals surface area contributed by atoms with Crippen LogP contribution in [0.4, 0.5) is 15.9 Å². The Hall–Kier alpha value is -3.89. The molecule has 0 saturated carbocycles. The summed E-state index contributed by atoms with van der Waals surface area (Å²) in [5.74, 6) is -1.31. The van der Waals surface area contributed by atoms with Crippen LogP contribution in [0.2, 0.25) is 0 Å². The number of anilines is 2. The maximum Gasteiger partial charge on any atom is 0.262 e. The molecule has 4 amide bonds. The number of piperidine rings is 1. The number of carbonyl (C=O) groups is 4. The lowest BCUT2D eigenvalue weighted by Gasteiger charge is -2.37. The minimum atomic E-state index is -1.09. The molecule has 3 aliphatic heterocycles. The number of benzene rings is 1. The Kier molecular flexibility index (Phi) is 5.93. The van der Waals surface area contributed by atoms with Gasteiger partial charge >= 0.3 is 0 Å². The monoisotopic (exact) mass is 494 g/mol. The van der Waals surface area contributed by atoms with Crippen LogP contribution in [0.25, 0.3) is 0 Å². The van der Waals surface area contributed by atoms with Gasteiger partial charge in [0.1, 0.15) is 23.5 Å². The molecule has 2 aromatic rings. The van der Waals surface area contributed by atoms with Gasteiger partial charge in [0.05, 0.1) is 16.8 Å². The van der Waals surface area contributed by atoms with Crippen molar-refractivity contribution in [3.8, 4) is 0 Å². The van der Waals surface area contributed by atoms with Crippen molar-refractivity contribution in [3.63, 3.8) is 0 Å². The number of hydrogen-bond donors (Lipinski definition) is 1. The highest BCUT2D eigenvalue weighted by Crippen LogP contribution is 2.33. The lowest BCUT2D eigenvalue weighted by molar-refractivity contribution is -0.136. The molecule has 2 fully saturated rings. The third-order valence-electron chi connectivity index (χ3n) is 6.83. The zero-order chi connectivity index (χ0) is 25.7. The maximum absolute atomic E-state index is 15.2. The fourth-order valence-electron chi connectivity index (χ4n) is 4.89. The van der Waals surface area contributed by atoms with Gasteiger partial charge in [-0.05, 0) is 25.5 Å². The number of piperazine rings is 1. The molecule has 0 spiro atoms. The van der Waals surface area contributed by atoms with Crippen LogP contribution in [-0.4, -0.2) is 70.7 Å². The SMILES string of the molecule is Cc1cc(N2CCN(c3cc4c(cc3F)C(=O)N(C3CCC(=O)NC3=O)C4=O)CC2)nc(C(C)C)n1. The molecule has 5 rings (SSSR count). The van der Waals surface area contributed by atoms with Gasteiger partial charge < -0.3 is 9.80 Å². The van der Waals surface area contributed by atoms with Gasteiger partial charge in [-0.25, -0.2) is 14.4 Å². The van der Waals surface area contributed by atoms with E-state index in [2.05, 4.69) is 20.2 Å². The quantitative estimate of drug-likeness (QED) is 0.640. The van der Waals surface area contributed by atoms with Gasteiger partial charge in [0.15, 0.2) is 0 Å². The van der Waals surface area contributed by atoms with Crippen LogP contribution in [-0.2, 0) is 9.59 Å². The lowest BCUT2D eigenvalue weighted by Crippen LogP contribution is -2.54. The number of amides is 4. The molecule has 188 valence electrons. The summed E-state index contributed by atoms with van der Waals surface area (Å²) in [5, 5.41) is 2.16. The molecule has 0 bridgehead atoms. The second kappa shape index (κ2) is 8.96. The number of imide groups is 2. The van der Waals surface area contributed by atoms with Crippen molar-refractivity contribution in [2.75, 3.05) is 36.0 Å². The Morgan fingerprint density at radius 1 is 0.944 bits per heavy atom. The first-order chi connectivity index (χ1) is 17.1. The number of rotatable bonds is 4. The van der Waals surface area contributed by atoms with Gasteiger partial charge in [-0.3, -0.25) is 29.4 Å². The third-order valence-corrected chi connectivity index (χ3v) is 6.83. The van der Waals surface area contributed by atoms with E-state index in [0.29, 0.717) is 26.2 Å². The summed E-state index contributed by atoms with van der Waals surface area (Å²) in [4.78, 5) is 63.8. The average Bonchev–Trinajstić information content (AvgIpc) is 3.07. The van der Waals surface area contributed by atoms with Crippen molar-refractivity contribution in [3.05, 3.63) is 46.7 Å². The van der Waals surface area contributed by atoms with E-state index in [9.17, 15) is 19.2 Å². The summed E-state index contributed by atoms with van der Waals surface area (Å²) >= 11 is 0. The normalized spacial score (nSPS) is 20.4. The van der Waals surface area contributed by atoms with E-state index in [0.717, 1.165) is 28.3 Å². The molecule has 36 heavy (non-hydrogen) atoms. The van der Waals surface area contributed by atoms with Gasteiger partial charge in [-0.2, -0.15) is 0 Å². The van der Waals surface area contributed by atoms with E-state index in [-0.39, 0.29) is 35.6 Å². The highest BCUT2D eigenvalue weighted by molar-refractivity contribution is 6.23. The Balaban J connectivity index is 1.35. The number of nitrogens with zero attached hydrogens (tertiary/aromatic N) is 5. The molecular weight excluding hydrogens is 467 g/mol. The van der Waals surface area contributed by atoms with Crippen LogP contribution < -0.4 is 15.1 Å². The standard InChI is InChI=1S/C25H27FN6O4/c1-13(2)22-27-14(3)10-20(28-22)31-8-6-30(7-9-31)19-12-16-15(11-17(19)26)24(35)32(25(16)36)18-4-5-21(33)29-23(18)34/h10-13,18H,4-9H2,1-3H3,(H,29,33,34). The van der Waals surface area contributed by atoms with Gasteiger partial charge in [-0.1, -0.05) is 13.8 Å². The molecule has 1 unspecified atom stereocenters. The molecule has 0 aliphatic carbocycles. The second-order valence-electron chi connectivity index (χ2n) is 9.65. The Labute approximate surface area is 207 Å². The number of aromatic nitrogens is 2. The van der Waals surface area contributed by atoms with E-state index in [4.69, 9.17) is 0 Å². The minimum Gasteiger partial charge on any atom is -0.366 e. The number of fused-ring (bicyclic) bond motifs is 1. The first kappa shape index (κ1) is 23.8. The molecular formula is C25H27FN6O4. The molecule has 1 atom stereocenters. The smallest absolute Gasteiger partial charge is 0.262 e. The van der Waals surface area contributed by atoms with Crippen LogP contribution in [0.15, 0.2) is 18.2 Å². The molecule has 0 radical (unpaired) electrons. The molecule has 10 nitrogen and oxygen atoms in total. The van der Waals surface area contributed by atoms with E-state index >= 15 is 4.39 Å². The molecule has 1 N–H and O–H groups in total. The average molecular weight is 495 g/mol. The Bertz CT molecular complexity index is 1290. The Morgan fingerprint density at radius 3 is 2.22 bits per heavy atom. The first-order valence-corrected chi connectivity index (χ1v) is 12.0. The zero-order valence-corrected chi connectivity index (χ0v) is 20.4. The summed E-state index contributed by atoms with van der Waals surface area (Å²) in [5.41, 5.74) is 1.12. The lowest BCUT2D eigenvalue weighted by atomic mass is 10.0. The van der Waals surface area contributed by atoms with Crippen molar-refractivity contribution in [2.45, 2.75) is 45.6 Å². The maximum atomic E-state index is 15.2. The zero-order valence-electron chi connectivity index (χ0n) is 20.4. The van der Waals surface area contributed by atoms with Crippen LogP contribution in [0.3, 0.4) is 0 Å². The summed E-state index contributed by atoms with van der Waals surface area (Å²) < 4.78 is 15.2. The minimum absolute atomic E-state index is 0.0260. The highest BCUT2D eigenvalue weighted by atomic mass is 19.1. The first-order valence-electron chi connectivity index (χ1n) is 12.0. The Morgan fingerprint density at radius 2 is 1.58 bits per heavy atom. The fourth-order valence-corrected chi connectivity index (χ4v) is 4.89. The number of aryl methyl sites for hydroxylation is 1. The van der Waals surface area contributed by atoms with E-state index < -0.39 is 35.5 Å². The molecule has 4 heterocycles. The predicted octanol–water partition coefficient (Wildman–Crippen LogP) is 1.78. The molecule has 1 aromatic heterocycles. The molecule has 3 aliphatic rings. The van der Waals surface area contributed by atoms with Gasteiger partial charge in [0.25, 0.3) is 11.8 Å². The predicted molar refractivity (Wildman–Crippen MR) is 128 cm³/mol. The van der Waals surface area contributed by atoms with Crippen LogP contribution >= 0.6 is 0 Å². The number of carbonyl (C=O) groups excluding carboxylic acids is 4. The van der Waals surface area contributed by atoms with Crippen molar-refractivity contribution in [2.24, 2.45) is 0 Å². The summed E-state index contributed by atoms with van der Waals surface area (Å²) in [6, 6.07) is 3.33. The van der Waals surface area contributed by atoms with Crippen molar-refractivity contribution < 1.29 is 23.6 Å². The fraction of sp³-hybridized carbons (Fsp3) is 0.440. The van der Waals surface area contributed by atoms with E-state index in [1.165, 1.54) is 6.07 Å². The van der Waals surface area contributed by atoms with Gasteiger partial charge in [-0.15, -0.1) is 0 Å². The molecule has 1 aromatic carbocycles. The largest absolute Gasteiger partial charge is 0.366 e. The highest BCUT2D eigenvalue weighted by Gasteiger charge is 2.45. The van der Waals surface area contributed by atoms with Crippen LogP contribution in [0.5, 0.6) is 0 Å². The number of halogens is 1. The van der Waals surface area contributed by atoms with Crippen LogP contribution in [0.1, 0.15) is 64.8 Å². The second-order valence-corrected chi connectivity index (χ2v) is 9.65. The third kappa shape index (κ3) is 4.08. The van der Waals surface area contributed by atoms with Gasteiger partial charge in [0.2, 0.25) is 11.8 Å². The van der Waals surface area contributed by atoms with Crippen molar-refractivity contribution >= 4 is 35.1 Å².